The molecule has 4 heterocycles. The molecule has 4 aromatic carbocycles. The van der Waals surface area contributed by atoms with Crippen LogP contribution >= 0.6 is 0 Å². The zero-order chi connectivity index (χ0) is 35.9. The van der Waals surface area contributed by atoms with Gasteiger partial charge in [-0.05, 0) is 60.4 Å². The molecule has 0 unspecified atom stereocenters. The summed E-state index contributed by atoms with van der Waals surface area (Å²) in [7, 11) is -1.67. The molecule has 0 atom stereocenters. The van der Waals surface area contributed by atoms with Crippen molar-refractivity contribution in [2.75, 3.05) is 0 Å². The maximum Gasteiger partial charge on any atom is 0.155 e. The molecule has 253 valence electrons. The Morgan fingerprint density at radius 3 is 2.34 bits per heavy atom. The van der Waals surface area contributed by atoms with Crippen molar-refractivity contribution in [3.63, 3.8) is 0 Å². The average Bonchev–Trinajstić information content (AvgIpc) is 3.70. The number of aromatic nitrogens is 4. The van der Waals surface area contributed by atoms with E-state index in [1.54, 1.807) is 0 Å². The molecule has 0 saturated carbocycles. The molecular weight excluding hydrogens is 809 g/mol. The van der Waals surface area contributed by atoms with Crippen LogP contribution in [0.2, 0.25) is 19.6 Å². The molecule has 50 heavy (non-hydrogen) atoms. The van der Waals surface area contributed by atoms with Gasteiger partial charge in [0.25, 0.3) is 0 Å². The first-order valence-electron chi connectivity index (χ1n) is 17.7. The van der Waals surface area contributed by atoms with Crippen LogP contribution in [0.5, 0.6) is 0 Å². The number of nitrogens with zero attached hydrogens (tertiary/aromatic N) is 4. The fourth-order valence-corrected chi connectivity index (χ4v) is 7.49. The molecule has 0 bridgehead atoms. The molecule has 4 aromatic heterocycles. The third-order valence-electron chi connectivity index (χ3n) is 8.36. The average molecular weight is 851 g/mol. The number of para-hydroxylation sites is 2. The largest absolute Gasteiger partial charge is 0.501 e. The van der Waals surface area contributed by atoms with Gasteiger partial charge in [0.1, 0.15) is 5.58 Å². The molecule has 5 nitrogen and oxygen atoms in total. The minimum atomic E-state index is -1.67. The molecule has 8 aromatic rings. The maximum atomic E-state index is 8.55. The molecule has 0 saturated heterocycles. The number of rotatable bonds is 6. The molecule has 7 heteroatoms. The summed E-state index contributed by atoms with van der Waals surface area (Å²) in [4.78, 5) is 14.3. The normalized spacial score (nSPS) is 12.4. The first-order chi connectivity index (χ1) is 24.4. The second-order valence-corrected chi connectivity index (χ2v) is 18.6. The van der Waals surface area contributed by atoms with E-state index in [-0.39, 0.29) is 26.0 Å². The zero-order valence-corrected chi connectivity index (χ0v) is 32.5. The van der Waals surface area contributed by atoms with Crippen molar-refractivity contribution < 1.29 is 27.3 Å². The minimum Gasteiger partial charge on any atom is -0.501 e. The monoisotopic (exact) mass is 851 g/mol. The van der Waals surface area contributed by atoms with Gasteiger partial charge in [-0.25, -0.2) is 4.98 Å². The van der Waals surface area contributed by atoms with Crippen LogP contribution < -0.4 is 5.19 Å². The van der Waals surface area contributed by atoms with E-state index < -0.39 is 14.4 Å². The first-order valence-corrected chi connectivity index (χ1v) is 20.2. The number of fused-ring (bicyclic) bond motifs is 4. The van der Waals surface area contributed by atoms with Crippen LogP contribution in [0.15, 0.2) is 120 Å². The number of furan rings is 1. The van der Waals surface area contributed by atoms with Crippen LogP contribution in [-0.4, -0.2) is 27.6 Å². The number of hydrogen-bond donors (Lipinski definition) is 0. The standard InChI is InChI=1S/C25H16N3O.C18H24NSi.Ir/c1-16-14-15-21-25(26-16)28(17-8-3-2-4-9-17)24(27-21)20-12-7-11-19-18-10-5-6-13-22(18)29-23(19)20;1-14(2)11-16-12-17(15-9-7-6-8-10-15)19-13-18(16)20(3,4)5;/h2-11,13-15H,1H3;6-9,12-14H,11H2,1-5H3;/q2*-1;/i;11D2;. The van der Waals surface area contributed by atoms with Gasteiger partial charge < -0.3 is 14.0 Å². The van der Waals surface area contributed by atoms with Crippen molar-refractivity contribution in [3.8, 4) is 28.3 Å². The van der Waals surface area contributed by atoms with Crippen LogP contribution in [0.1, 0.15) is 27.8 Å². The van der Waals surface area contributed by atoms with Gasteiger partial charge >= 0.3 is 0 Å². The fourth-order valence-electron chi connectivity index (χ4n) is 6.08. The third kappa shape index (κ3) is 7.13. The number of imidazole rings is 1. The smallest absolute Gasteiger partial charge is 0.155 e. The quantitative estimate of drug-likeness (QED) is 0.124. The molecule has 0 fully saturated rings. The molecule has 8 rings (SSSR count). The number of pyridine rings is 2. The number of aryl methyl sites for hydroxylation is 1. The van der Waals surface area contributed by atoms with E-state index in [1.807, 2.05) is 118 Å². The Labute approximate surface area is 311 Å². The third-order valence-corrected chi connectivity index (χ3v) is 10.4. The predicted molar refractivity (Wildman–Crippen MR) is 205 cm³/mol. The maximum absolute atomic E-state index is 8.55. The summed E-state index contributed by atoms with van der Waals surface area (Å²) in [6.07, 6.45) is 0.528. The summed E-state index contributed by atoms with van der Waals surface area (Å²) in [5.74, 6) is 0.687. The fraction of sp³-hybridized carbons (Fsp3) is 0.186. The summed E-state index contributed by atoms with van der Waals surface area (Å²) in [6.45, 7) is 12.6. The second-order valence-electron chi connectivity index (χ2n) is 13.5. The van der Waals surface area contributed by atoms with Crippen molar-refractivity contribution in [3.05, 3.63) is 139 Å². The molecular formula is C43H40IrN4OSi-2. The Morgan fingerprint density at radius 1 is 0.840 bits per heavy atom. The van der Waals surface area contributed by atoms with Crippen molar-refractivity contribution in [2.45, 2.75) is 46.8 Å². The van der Waals surface area contributed by atoms with Crippen LogP contribution in [0.25, 0.3) is 61.4 Å². The molecule has 0 aliphatic carbocycles. The Hall–Kier alpha value is -4.68. The van der Waals surface area contributed by atoms with E-state index in [4.69, 9.17) is 17.1 Å². The predicted octanol–water partition coefficient (Wildman–Crippen LogP) is 10.4. The summed E-state index contributed by atoms with van der Waals surface area (Å²) in [6, 6.07) is 42.4. The van der Waals surface area contributed by atoms with Gasteiger partial charge in [0.05, 0.1) is 25.0 Å². The summed E-state index contributed by atoms with van der Waals surface area (Å²) < 4.78 is 25.4. The second kappa shape index (κ2) is 14.7. The summed E-state index contributed by atoms with van der Waals surface area (Å²) >= 11 is 0. The van der Waals surface area contributed by atoms with Gasteiger partial charge in [0.2, 0.25) is 0 Å². The van der Waals surface area contributed by atoms with E-state index in [9.17, 15) is 0 Å². The Morgan fingerprint density at radius 2 is 1.60 bits per heavy atom. The summed E-state index contributed by atoms with van der Waals surface area (Å²) in [5.41, 5.74) is 8.60. The first kappa shape index (κ1) is 32.5. The van der Waals surface area contributed by atoms with E-state index in [2.05, 4.69) is 59.5 Å². The van der Waals surface area contributed by atoms with E-state index in [0.29, 0.717) is 0 Å². The van der Waals surface area contributed by atoms with Crippen molar-refractivity contribution >= 4 is 46.4 Å². The molecule has 0 N–H and O–H groups in total. The van der Waals surface area contributed by atoms with Crippen LogP contribution in [0.4, 0.5) is 0 Å². The van der Waals surface area contributed by atoms with Gasteiger partial charge in [-0.15, -0.1) is 54.1 Å². The zero-order valence-electron chi connectivity index (χ0n) is 31.1. The van der Waals surface area contributed by atoms with E-state index in [1.165, 1.54) is 0 Å². The number of benzene rings is 4. The van der Waals surface area contributed by atoms with Crippen molar-refractivity contribution in [2.24, 2.45) is 5.92 Å². The molecule has 0 amide bonds. The molecule has 0 aliphatic rings. The Kier molecular flexibility index (Phi) is 9.53. The van der Waals surface area contributed by atoms with Gasteiger partial charge in [-0.1, -0.05) is 92.5 Å². The summed E-state index contributed by atoms with van der Waals surface area (Å²) in [5, 5.41) is 3.25. The topological polar surface area (TPSA) is 56.7 Å². The van der Waals surface area contributed by atoms with Crippen LogP contribution in [-0.2, 0) is 26.5 Å². The Bertz CT molecular complexity index is 2490. The minimum absolute atomic E-state index is 0. The van der Waals surface area contributed by atoms with Crippen LogP contribution in [0.3, 0.4) is 0 Å². The van der Waals surface area contributed by atoms with E-state index in [0.717, 1.165) is 77.9 Å². The van der Waals surface area contributed by atoms with Crippen molar-refractivity contribution in [1.82, 2.24) is 19.5 Å². The number of hydrogen-bond acceptors (Lipinski definition) is 4. The van der Waals surface area contributed by atoms with Gasteiger partial charge in [-0.3, -0.25) is 4.98 Å². The van der Waals surface area contributed by atoms with Gasteiger partial charge in [0, 0.05) is 45.8 Å². The Balaban J connectivity index is 0.000000183. The molecule has 0 aliphatic heterocycles. The van der Waals surface area contributed by atoms with Gasteiger partial charge in [-0.2, -0.15) is 0 Å². The molecule has 1 radical (unpaired) electrons. The van der Waals surface area contributed by atoms with Crippen LogP contribution in [0, 0.1) is 25.0 Å². The van der Waals surface area contributed by atoms with E-state index >= 15 is 0 Å². The van der Waals surface area contributed by atoms with Gasteiger partial charge in [0.15, 0.2) is 5.65 Å². The molecule has 0 spiro atoms. The van der Waals surface area contributed by atoms with Crippen molar-refractivity contribution in [1.29, 1.82) is 0 Å². The SMILES string of the molecule is Cc1ccc2nc(-c3[c-]ccc4c3oc3ccccc34)n(-c3ccccc3)c2n1.[2H]C([2H])(c1cc(-c2[c-]cccc2)ncc1[Si](C)(C)C)C(C)C.[Ir].